The van der Waals surface area contributed by atoms with Crippen LogP contribution < -0.4 is 14.7 Å². The van der Waals surface area contributed by atoms with Gasteiger partial charge in [0.1, 0.15) is 12.4 Å². The average Bonchev–Trinajstić information content (AvgIpc) is 3.07. The monoisotopic (exact) mass is 465 g/mol. The van der Waals surface area contributed by atoms with Gasteiger partial charge in [0.15, 0.2) is 0 Å². The molecule has 34 heavy (non-hydrogen) atoms. The van der Waals surface area contributed by atoms with Gasteiger partial charge < -0.3 is 19.6 Å². The zero-order valence-corrected chi connectivity index (χ0v) is 19.2. The Morgan fingerprint density at radius 1 is 1.21 bits per heavy atom. The maximum Gasteiger partial charge on any atom is 0.295 e. The molecular formula is C25H27N3O6. The lowest BCUT2D eigenvalue weighted by atomic mass is 9.95. The normalized spacial score (nSPS) is 17.3. The second kappa shape index (κ2) is 10.8. The van der Waals surface area contributed by atoms with Crippen molar-refractivity contribution in [2.75, 3.05) is 33.8 Å². The molecule has 178 valence electrons. The van der Waals surface area contributed by atoms with Crippen LogP contribution in [0.25, 0.3) is 5.76 Å². The summed E-state index contributed by atoms with van der Waals surface area (Å²) in [5.74, 6) is -1.73. The highest BCUT2D eigenvalue weighted by atomic mass is 16.6. The lowest BCUT2D eigenvalue weighted by Crippen LogP contribution is -3.05. The van der Waals surface area contributed by atoms with Crippen LogP contribution in [0.15, 0.2) is 66.8 Å². The maximum absolute atomic E-state index is 13.4. The van der Waals surface area contributed by atoms with E-state index in [1.807, 2.05) is 14.1 Å². The number of rotatable bonds is 10. The lowest BCUT2D eigenvalue weighted by Gasteiger charge is -2.27. The van der Waals surface area contributed by atoms with Gasteiger partial charge in [0.05, 0.1) is 31.6 Å². The molecule has 9 nitrogen and oxygen atoms in total. The first-order valence-electron chi connectivity index (χ1n) is 10.9. The number of nitro benzene ring substituents is 1. The van der Waals surface area contributed by atoms with Gasteiger partial charge in [-0.2, -0.15) is 0 Å². The van der Waals surface area contributed by atoms with Crippen LogP contribution in [0, 0.1) is 10.1 Å². The third-order valence-electron chi connectivity index (χ3n) is 5.49. The molecule has 2 aromatic rings. The number of likely N-dealkylation sites (tertiary alicyclic amines) is 1. The summed E-state index contributed by atoms with van der Waals surface area (Å²) in [6.45, 7) is 4.87. The minimum atomic E-state index is -0.999. The average molecular weight is 466 g/mol. The highest BCUT2D eigenvalue weighted by Gasteiger charge is 2.44. The molecule has 1 unspecified atom stereocenters. The van der Waals surface area contributed by atoms with E-state index in [1.165, 1.54) is 40.1 Å². The van der Waals surface area contributed by atoms with Crippen molar-refractivity contribution in [3.63, 3.8) is 0 Å². The number of quaternary nitrogens is 1. The van der Waals surface area contributed by atoms with Crippen molar-refractivity contribution in [3.8, 4) is 5.75 Å². The summed E-state index contributed by atoms with van der Waals surface area (Å²) in [5.41, 5.74) is 0.178. The summed E-state index contributed by atoms with van der Waals surface area (Å²) >= 11 is 0. The number of hydrogen-bond donors (Lipinski definition) is 1. The topological polar surface area (TPSA) is 117 Å². The first-order valence-corrected chi connectivity index (χ1v) is 10.9. The molecule has 1 N–H and O–H groups in total. The lowest BCUT2D eigenvalue weighted by molar-refractivity contribution is -0.858. The third-order valence-corrected chi connectivity index (χ3v) is 5.49. The second-order valence-electron chi connectivity index (χ2n) is 8.26. The first-order chi connectivity index (χ1) is 16.2. The van der Waals surface area contributed by atoms with E-state index in [4.69, 9.17) is 4.74 Å². The van der Waals surface area contributed by atoms with E-state index in [0.29, 0.717) is 24.3 Å². The van der Waals surface area contributed by atoms with E-state index < -0.39 is 28.4 Å². The van der Waals surface area contributed by atoms with Crippen molar-refractivity contribution in [1.29, 1.82) is 0 Å². The summed E-state index contributed by atoms with van der Waals surface area (Å²) in [5, 5.41) is 24.8. The number of non-ortho nitro benzene ring substituents is 1. The number of ketones is 1. The number of benzene rings is 2. The predicted molar refractivity (Wildman–Crippen MR) is 124 cm³/mol. The largest absolute Gasteiger partial charge is 0.872 e. The number of Topliss-reactive ketones (excluding diaryl/α,β-unsaturated/α-hetero) is 1. The SMILES string of the molecule is C=CCOc1ccc(C([O-])=C2C(=O)C(=O)N(CCC[NH+](C)C)C2c2cccc([N+](=O)[O-])c2)cc1. The van der Waals surface area contributed by atoms with Gasteiger partial charge in [-0.15, -0.1) is 0 Å². The van der Waals surface area contributed by atoms with Gasteiger partial charge in [0.25, 0.3) is 11.6 Å². The van der Waals surface area contributed by atoms with E-state index in [0.717, 1.165) is 6.54 Å². The Hall–Kier alpha value is -3.98. The Morgan fingerprint density at radius 3 is 2.53 bits per heavy atom. The van der Waals surface area contributed by atoms with Crippen molar-refractivity contribution >= 4 is 23.1 Å². The van der Waals surface area contributed by atoms with E-state index >= 15 is 0 Å². The molecule has 1 atom stereocenters. The number of carbonyl (C=O) groups is 2. The highest BCUT2D eigenvalue weighted by molar-refractivity contribution is 6.46. The molecule has 9 heteroatoms. The van der Waals surface area contributed by atoms with Crippen molar-refractivity contribution < 1.29 is 29.3 Å². The minimum absolute atomic E-state index is 0.183. The van der Waals surface area contributed by atoms with Crippen molar-refractivity contribution in [3.05, 3.63) is 88.0 Å². The Kier molecular flexibility index (Phi) is 7.80. The van der Waals surface area contributed by atoms with E-state index in [2.05, 4.69) is 6.58 Å². The van der Waals surface area contributed by atoms with E-state index in [9.17, 15) is 24.8 Å². The van der Waals surface area contributed by atoms with Crippen LogP contribution in [-0.4, -0.2) is 55.3 Å². The molecule has 0 radical (unpaired) electrons. The number of nitrogens with one attached hydrogen (secondary N) is 1. The molecule has 0 bridgehead atoms. The van der Waals surface area contributed by atoms with Gasteiger partial charge in [-0.05, 0) is 23.3 Å². The minimum Gasteiger partial charge on any atom is -0.872 e. The van der Waals surface area contributed by atoms with Crippen LogP contribution in [0.5, 0.6) is 5.75 Å². The molecule has 1 heterocycles. The van der Waals surface area contributed by atoms with E-state index in [-0.39, 0.29) is 23.4 Å². The van der Waals surface area contributed by atoms with Crippen LogP contribution in [0.4, 0.5) is 5.69 Å². The smallest absolute Gasteiger partial charge is 0.295 e. The molecule has 2 aromatic carbocycles. The second-order valence-corrected chi connectivity index (χ2v) is 8.26. The molecule has 1 amide bonds. The third kappa shape index (κ3) is 5.32. The maximum atomic E-state index is 13.4. The quantitative estimate of drug-likeness (QED) is 0.139. The number of carbonyl (C=O) groups excluding carboxylic acids is 2. The Bertz CT molecular complexity index is 1120. The molecule has 1 aliphatic rings. The molecule has 0 spiro atoms. The van der Waals surface area contributed by atoms with Crippen LogP contribution in [0.1, 0.15) is 23.6 Å². The number of nitrogens with zero attached hydrogens (tertiary/aromatic N) is 2. The Morgan fingerprint density at radius 2 is 1.91 bits per heavy atom. The molecule has 0 aliphatic carbocycles. The zero-order chi connectivity index (χ0) is 24.8. The molecule has 3 rings (SSSR count). The van der Waals surface area contributed by atoms with Crippen molar-refractivity contribution in [2.24, 2.45) is 0 Å². The zero-order valence-electron chi connectivity index (χ0n) is 19.2. The Labute approximate surface area is 197 Å². The Balaban J connectivity index is 2.07. The van der Waals surface area contributed by atoms with Gasteiger partial charge in [-0.3, -0.25) is 19.7 Å². The summed E-state index contributed by atoms with van der Waals surface area (Å²) in [7, 11) is 3.94. The molecule has 1 fully saturated rings. The number of ether oxygens (including phenoxy) is 1. The first kappa shape index (κ1) is 24.7. The van der Waals surface area contributed by atoms with Gasteiger partial charge in [-0.1, -0.05) is 42.7 Å². The predicted octanol–water partition coefficient (Wildman–Crippen LogP) is 0.918. The highest BCUT2D eigenvalue weighted by Crippen LogP contribution is 2.39. The standard InChI is InChI=1S/C25H27N3O6/c1-4-15-34-20-11-9-17(10-12-20)23(29)21-22(18-7-5-8-19(16-18)28(32)33)27(25(31)24(21)30)14-6-13-26(2)3/h4-5,7-12,16,22,29H,1,6,13-15H2,2-3H3. The summed E-state index contributed by atoms with van der Waals surface area (Å²) in [6.07, 6.45) is 2.19. The number of hydrogen-bond acceptors (Lipinski definition) is 6. The van der Waals surface area contributed by atoms with Crippen molar-refractivity contribution in [2.45, 2.75) is 12.5 Å². The van der Waals surface area contributed by atoms with Crippen LogP contribution in [0.2, 0.25) is 0 Å². The molecule has 0 aromatic heterocycles. The molecular weight excluding hydrogens is 438 g/mol. The van der Waals surface area contributed by atoms with Gasteiger partial charge in [-0.25, -0.2) is 0 Å². The molecule has 1 saturated heterocycles. The van der Waals surface area contributed by atoms with E-state index in [1.54, 1.807) is 24.3 Å². The number of nitro groups is 1. The summed E-state index contributed by atoms with van der Waals surface area (Å²) in [4.78, 5) is 39.2. The van der Waals surface area contributed by atoms with Crippen LogP contribution in [0.3, 0.4) is 0 Å². The molecule has 0 saturated carbocycles. The number of amides is 1. The van der Waals surface area contributed by atoms with Crippen LogP contribution in [-0.2, 0) is 9.59 Å². The van der Waals surface area contributed by atoms with Gasteiger partial charge in [0.2, 0.25) is 5.78 Å². The molecule has 1 aliphatic heterocycles. The van der Waals surface area contributed by atoms with Crippen LogP contribution >= 0.6 is 0 Å². The van der Waals surface area contributed by atoms with Gasteiger partial charge >= 0.3 is 0 Å². The fourth-order valence-electron chi connectivity index (χ4n) is 3.87. The fraction of sp³-hybridized carbons (Fsp3) is 0.280. The summed E-state index contributed by atoms with van der Waals surface area (Å²) < 4.78 is 5.43. The van der Waals surface area contributed by atoms with Crippen molar-refractivity contribution in [1.82, 2.24) is 4.90 Å². The summed E-state index contributed by atoms with van der Waals surface area (Å²) in [6, 6.07) is 10.9. The fourth-order valence-corrected chi connectivity index (χ4v) is 3.87. The van der Waals surface area contributed by atoms with Gasteiger partial charge in [0, 0.05) is 30.7 Å².